The topological polar surface area (TPSA) is 94.4 Å². The molecule has 0 saturated heterocycles. The molecule has 1 amide bonds. The number of rotatable bonds is 6. The van der Waals surface area contributed by atoms with E-state index in [0.717, 1.165) is 10.7 Å². The highest BCUT2D eigenvalue weighted by Gasteiger charge is 2.23. The minimum atomic E-state index is -0.585. The summed E-state index contributed by atoms with van der Waals surface area (Å²) in [6, 6.07) is 3.72. The van der Waals surface area contributed by atoms with Gasteiger partial charge in [0.1, 0.15) is 11.3 Å². The van der Waals surface area contributed by atoms with Gasteiger partial charge in [0.25, 0.3) is 11.6 Å². The Balaban J connectivity index is 2.23. The average molecular weight is 349 g/mol. The second kappa shape index (κ2) is 7.39. The van der Waals surface area contributed by atoms with E-state index in [1.807, 2.05) is 19.2 Å². The van der Waals surface area contributed by atoms with Crippen LogP contribution in [0.2, 0.25) is 0 Å². The lowest BCUT2D eigenvalue weighted by molar-refractivity contribution is -0.385. The number of nitro benzene ring substituents is 1. The van der Waals surface area contributed by atoms with Crippen LogP contribution in [0.1, 0.15) is 53.8 Å². The molecule has 1 atom stereocenters. The molecule has 8 heteroatoms. The van der Waals surface area contributed by atoms with Gasteiger partial charge in [0, 0.05) is 17.4 Å². The average Bonchev–Trinajstić information content (AvgIpc) is 3.04. The molecule has 24 heavy (non-hydrogen) atoms. The van der Waals surface area contributed by atoms with Gasteiger partial charge in [0.05, 0.1) is 28.8 Å². The zero-order valence-electron chi connectivity index (χ0n) is 13.9. The van der Waals surface area contributed by atoms with Crippen molar-refractivity contribution < 1.29 is 14.5 Å². The van der Waals surface area contributed by atoms with Crippen LogP contribution in [-0.4, -0.2) is 22.9 Å². The van der Waals surface area contributed by atoms with E-state index in [1.54, 1.807) is 6.92 Å². The van der Waals surface area contributed by atoms with Gasteiger partial charge in [0.2, 0.25) is 0 Å². The van der Waals surface area contributed by atoms with Gasteiger partial charge in [0.15, 0.2) is 0 Å². The molecule has 0 aliphatic rings. The number of hydrogen-bond acceptors (Lipinski definition) is 6. The minimum Gasteiger partial charge on any atom is -0.497 e. The van der Waals surface area contributed by atoms with Crippen molar-refractivity contribution in [3.63, 3.8) is 0 Å². The number of methoxy groups -OCH3 is 1. The number of nitro groups is 1. The molecule has 1 unspecified atom stereocenters. The molecular weight excluding hydrogens is 330 g/mol. The van der Waals surface area contributed by atoms with Crippen molar-refractivity contribution in [3.05, 3.63) is 50.0 Å². The molecule has 2 aromatic rings. The number of carbonyl (C=O) groups is 1. The lowest BCUT2D eigenvalue weighted by Gasteiger charge is -2.12. The lowest BCUT2D eigenvalue weighted by Crippen LogP contribution is -2.27. The molecule has 1 aromatic carbocycles. The predicted molar refractivity (Wildman–Crippen MR) is 91.7 cm³/mol. The summed E-state index contributed by atoms with van der Waals surface area (Å²) in [7, 11) is 1.44. The molecule has 0 aliphatic carbocycles. The van der Waals surface area contributed by atoms with Crippen molar-refractivity contribution in [2.75, 3.05) is 7.11 Å². The molecule has 0 saturated carbocycles. The summed E-state index contributed by atoms with van der Waals surface area (Å²) in [5.74, 6) is 0.160. The van der Waals surface area contributed by atoms with Crippen molar-refractivity contribution in [2.24, 2.45) is 0 Å². The Morgan fingerprint density at radius 1 is 1.38 bits per heavy atom. The van der Waals surface area contributed by atoms with E-state index >= 15 is 0 Å². The third-order valence-electron chi connectivity index (χ3n) is 3.47. The predicted octanol–water partition coefficient (Wildman–Crippen LogP) is 3.67. The Labute approximate surface area is 143 Å². The third-order valence-corrected chi connectivity index (χ3v) is 4.63. The van der Waals surface area contributed by atoms with Crippen LogP contribution in [0, 0.1) is 10.1 Å². The standard InChI is InChI=1S/C16H19N3O4S/c1-9(2)16-18-13(8-24-16)10(3)17-15(20)12-7-11(23-4)5-6-14(12)19(21)22/h5-10H,1-4H3,(H,17,20). The molecule has 0 bridgehead atoms. The Kier molecular flexibility index (Phi) is 5.50. The first-order valence-corrected chi connectivity index (χ1v) is 8.30. The molecule has 0 fully saturated rings. The molecule has 0 radical (unpaired) electrons. The van der Waals surface area contributed by atoms with Crippen LogP contribution < -0.4 is 10.1 Å². The van der Waals surface area contributed by atoms with Crippen molar-refractivity contribution in [2.45, 2.75) is 32.7 Å². The van der Waals surface area contributed by atoms with E-state index in [9.17, 15) is 14.9 Å². The van der Waals surface area contributed by atoms with Gasteiger partial charge >= 0.3 is 0 Å². The fraction of sp³-hybridized carbons (Fsp3) is 0.375. The van der Waals surface area contributed by atoms with Gasteiger partial charge in [-0.05, 0) is 19.1 Å². The van der Waals surface area contributed by atoms with Gasteiger partial charge in [-0.1, -0.05) is 13.8 Å². The highest BCUT2D eigenvalue weighted by atomic mass is 32.1. The number of thiazole rings is 1. The number of aromatic nitrogens is 1. The van der Waals surface area contributed by atoms with Crippen molar-refractivity contribution in [1.82, 2.24) is 10.3 Å². The summed E-state index contributed by atoms with van der Waals surface area (Å²) in [5, 5.41) is 16.8. The minimum absolute atomic E-state index is 0.0366. The summed E-state index contributed by atoms with van der Waals surface area (Å²) in [6.45, 7) is 5.89. The first kappa shape index (κ1) is 17.9. The summed E-state index contributed by atoms with van der Waals surface area (Å²) < 4.78 is 5.05. The van der Waals surface area contributed by atoms with E-state index in [2.05, 4.69) is 10.3 Å². The van der Waals surface area contributed by atoms with E-state index in [-0.39, 0.29) is 17.3 Å². The number of nitrogens with one attached hydrogen (secondary N) is 1. The first-order valence-electron chi connectivity index (χ1n) is 7.42. The summed E-state index contributed by atoms with van der Waals surface area (Å²) in [4.78, 5) is 27.5. The second-order valence-corrected chi connectivity index (χ2v) is 6.49. The number of benzene rings is 1. The summed E-state index contributed by atoms with van der Waals surface area (Å²) >= 11 is 1.53. The summed E-state index contributed by atoms with van der Waals surface area (Å²) in [5.41, 5.74) is 0.440. The van der Waals surface area contributed by atoms with Gasteiger partial charge in [-0.25, -0.2) is 4.98 Å². The molecular formula is C16H19N3O4S. The van der Waals surface area contributed by atoms with E-state index in [0.29, 0.717) is 11.7 Å². The number of hydrogen-bond donors (Lipinski definition) is 1. The molecule has 128 valence electrons. The Hall–Kier alpha value is -2.48. The van der Waals surface area contributed by atoms with Crippen LogP contribution in [0.3, 0.4) is 0 Å². The van der Waals surface area contributed by atoms with Crippen LogP contribution in [0.25, 0.3) is 0 Å². The zero-order valence-corrected chi connectivity index (χ0v) is 14.7. The zero-order chi connectivity index (χ0) is 17.9. The van der Waals surface area contributed by atoms with E-state index in [1.165, 1.54) is 36.6 Å². The Bertz CT molecular complexity index is 758. The lowest BCUT2D eigenvalue weighted by atomic mass is 10.1. The molecule has 2 rings (SSSR count). The van der Waals surface area contributed by atoms with Crippen LogP contribution in [-0.2, 0) is 0 Å². The number of ether oxygens (including phenoxy) is 1. The van der Waals surface area contributed by atoms with Gasteiger partial charge in [-0.2, -0.15) is 0 Å². The number of nitrogens with zero attached hydrogens (tertiary/aromatic N) is 2. The van der Waals surface area contributed by atoms with Gasteiger partial charge in [-0.15, -0.1) is 11.3 Å². The van der Waals surface area contributed by atoms with Crippen molar-refractivity contribution in [3.8, 4) is 5.75 Å². The molecule has 1 aromatic heterocycles. The molecule has 0 spiro atoms. The number of carbonyl (C=O) groups excluding carboxylic acids is 1. The second-order valence-electron chi connectivity index (χ2n) is 5.60. The van der Waals surface area contributed by atoms with E-state index < -0.39 is 10.8 Å². The quantitative estimate of drug-likeness (QED) is 0.634. The van der Waals surface area contributed by atoms with Gasteiger partial charge < -0.3 is 10.1 Å². The Morgan fingerprint density at radius 3 is 2.62 bits per heavy atom. The number of amides is 1. The highest BCUT2D eigenvalue weighted by molar-refractivity contribution is 7.09. The van der Waals surface area contributed by atoms with Crippen LogP contribution >= 0.6 is 11.3 Å². The van der Waals surface area contributed by atoms with Crippen LogP contribution in [0.4, 0.5) is 5.69 Å². The molecule has 1 heterocycles. The molecule has 7 nitrogen and oxygen atoms in total. The highest BCUT2D eigenvalue weighted by Crippen LogP contribution is 2.26. The maximum absolute atomic E-state index is 12.5. The van der Waals surface area contributed by atoms with Crippen molar-refractivity contribution >= 4 is 22.9 Å². The first-order chi connectivity index (χ1) is 11.3. The molecule has 0 aliphatic heterocycles. The third kappa shape index (κ3) is 3.88. The maximum atomic E-state index is 12.5. The fourth-order valence-electron chi connectivity index (χ4n) is 2.10. The van der Waals surface area contributed by atoms with Crippen LogP contribution in [0.5, 0.6) is 5.75 Å². The normalized spacial score (nSPS) is 12.0. The van der Waals surface area contributed by atoms with Gasteiger partial charge in [-0.3, -0.25) is 14.9 Å². The smallest absolute Gasteiger partial charge is 0.282 e. The summed E-state index contributed by atoms with van der Waals surface area (Å²) in [6.07, 6.45) is 0. The SMILES string of the molecule is COc1ccc([N+](=O)[O-])c(C(=O)NC(C)c2csc(C(C)C)n2)c1. The maximum Gasteiger partial charge on any atom is 0.282 e. The fourth-order valence-corrected chi connectivity index (χ4v) is 3.02. The molecule has 1 N–H and O–H groups in total. The monoisotopic (exact) mass is 349 g/mol. The van der Waals surface area contributed by atoms with E-state index in [4.69, 9.17) is 4.74 Å². The largest absolute Gasteiger partial charge is 0.497 e. The van der Waals surface area contributed by atoms with Crippen molar-refractivity contribution in [1.29, 1.82) is 0 Å². The Morgan fingerprint density at radius 2 is 2.08 bits per heavy atom. The van der Waals surface area contributed by atoms with Crippen LogP contribution in [0.15, 0.2) is 23.6 Å².